The summed E-state index contributed by atoms with van der Waals surface area (Å²) in [7, 11) is 0. The first-order valence-electron chi connectivity index (χ1n) is 5.93. The van der Waals surface area contributed by atoms with Crippen molar-refractivity contribution in [2.75, 3.05) is 0 Å². The Morgan fingerprint density at radius 2 is 1.78 bits per heavy atom. The fraction of sp³-hybridized carbons (Fsp3) is 0.0625. The highest BCUT2D eigenvalue weighted by Crippen LogP contribution is 2.23. The van der Waals surface area contributed by atoms with Gasteiger partial charge in [-0.25, -0.2) is 0 Å². The maximum absolute atomic E-state index is 9.59. The van der Waals surface area contributed by atoms with E-state index in [1.54, 1.807) is 12.1 Å². The van der Waals surface area contributed by atoms with Gasteiger partial charge in [0, 0.05) is 11.6 Å². The second-order valence-corrected chi connectivity index (χ2v) is 4.33. The Hall–Kier alpha value is -2.35. The summed E-state index contributed by atoms with van der Waals surface area (Å²) in [4.78, 5) is 4.31. The van der Waals surface area contributed by atoms with Crippen molar-refractivity contribution in [1.82, 2.24) is 4.98 Å². The third-order valence-corrected chi connectivity index (χ3v) is 3.05. The summed E-state index contributed by atoms with van der Waals surface area (Å²) >= 11 is 0. The van der Waals surface area contributed by atoms with Gasteiger partial charge in [0.1, 0.15) is 5.75 Å². The summed E-state index contributed by atoms with van der Waals surface area (Å²) in [6.45, 7) is 0. The van der Waals surface area contributed by atoms with Gasteiger partial charge in [0.2, 0.25) is 0 Å². The van der Waals surface area contributed by atoms with E-state index < -0.39 is 0 Å². The molecule has 0 saturated heterocycles. The van der Waals surface area contributed by atoms with E-state index >= 15 is 0 Å². The maximum atomic E-state index is 9.59. The van der Waals surface area contributed by atoms with Gasteiger partial charge in [-0.3, -0.25) is 4.98 Å². The molecular formula is C16H13NO. The highest BCUT2D eigenvalue weighted by molar-refractivity contribution is 5.83. The summed E-state index contributed by atoms with van der Waals surface area (Å²) in [6, 6.07) is 17.6. The zero-order valence-corrected chi connectivity index (χ0v) is 9.88. The van der Waals surface area contributed by atoms with Crippen molar-refractivity contribution in [3.05, 3.63) is 71.9 Å². The molecule has 0 bridgehead atoms. The van der Waals surface area contributed by atoms with Crippen LogP contribution < -0.4 is 0 Å². The SMILES string of the molecule is Oc1ccc2nccc(Cc3ccccc3)c2c1. The number of rotatable bonds is 2. The van der Waals surface area contributed by atoms with Gasteiger partial charge in [0.15, 0.2) is 0 Å². The molecule has 1 aromatic heterocycles. The summed E-state index contributed by atoms with van der Waals surface area (Å²) in [5.74, 6) is 0.282. The van der Waals surface area contributed by atoms with Crippen molar-refractivity contribution in [3.63, 3.8) is 0 Å². The van der Waals surface area contributed by atoms with Crippen LogP contribution in [0.15, 0.2) is 60.8 Å². The largest absolute Gasteiger partial charge is 0.508 e. The minimum absolute atomic E-state index is 0.282. The first-order valence-corrected chi connectivity index (χ1v) is 5.93. The van der Waals surface area contributed by atoms with Gasteiger partial charge in [-0.1, -0.05) is 30.3 Å². The molecular weight excluding hydrogens is 222 g/mol. The number of phenols is 1. The van der Waals surface area contributed by atoms with Gasteiger partial charge in [0.25, 0.3) is 0 Å². The molecule has 3 rings (SSSR count). The Morgan fingerprint density at radius 3 is 2.61 bits per heavy atom. The third kappa shape index (κ3) is 2.05. The standard InChI is InChI=1S/C16H13NO/c18-14-6-7-16-15(11-14)13(8-9-17-16)10-12-4-2-1-3-5-12/h1-9,11,18H,10H2. The van der Waals surface area contributed by atoms with E-state index in [1.165, 1.54) is 11.1 Å². The van der Waals surface area contributed by atoms with Crippen LogP contribution in [-0.4, -0.2) is 10.1 Å². The first kappa shape index (κ1) is 10.8. The number of fused-ring (bicyclic) bond motifs is 1. The molecule has 3 aromatic rings. The van der Waals surface area contributed by atoms with E-state index in [0.29, 0.717) is 0 Å². The minimum atomic E-state index is 0.282. The van der Waals surface area contributed by atoms with E-state index in [4.69, 9.17) is 0 Å². The molecule has 0 aliphatic carbocycles. The van der Waals surface area contributed by atoms with E-state index in [9.17, 15) is 5.11 Å². The Morgan fingerprint density at radius 1 is 0.944 bits per heavy atom. The van der Waals surface area contributed by atoms with Crippen molar-refractivity contribution >= 4 is 10.9 Å². The number of nitrogens with zero attached hydrogens (tertiary/aromatic N) is 1. The summed E-state index contributed by atoms with van der Waals surface area (Å²) < 4.78 is 0. The summed E-state index contributed by atoms with van der Waals surface area (Å²) in [5, 5.41) is 10.6. The first-order chi connectivity index (χ1) is 8.83. The Kier molecular flexibility index (Phi) is 2.69. The zero-order valence-electron chi connectivity index (χ0n) is 9.88. The van der Waals surface area contributed by atoms with Crippen LogP contribution in [0.4, 0.5) is 0 Å². The molecule has 0 fully saturated rings. The lowest BCUT2D eigenvalue weighted by molar-refractivity contribution is 0.476. The summed E-state index contributed by atoms with van der Waals surface area (Å²) in [5.41, 5.74) is 3.36. The van der Waals surface area contributed by atoms with Gasteiger partial charge < -0.3 is 5.11 Å². The molecule has 0 atom stereocenters. The predicted molar refractivity (Wildman–Crippen MR) is 72.7 cm³/mol. The number of aromatic nitrogens is 1. The van der Waals surface area contributed by atoms with Crippen LogP contribution >= 0.6 is 0 Å². The number of hydrogen-bond acceptors (Lipinski definition) is 2. The highest BCUT2D eigenvalue weighted by Gasteiger charge is 2.03. The molecule has 2 heteroatoms. The molecule has 0 aliphatic heterocycles. The van der Waals surface area contributed by atoms with Gasteiger partial charge in [-0.2, -0.15) is 0 Å². The summed E-state index contributed by atoms with van der Waals surface area (Å²) in [6.07, 6.45) is 2.67. The molecule has 2 nitrogen and oxygen atoms in total. The van der Waals surface area contributed by atoms with Crippen molar-refractivity contribution in [2.45, 2.75) is 6.42 Å². The van der Waals surface area contributed by atoms with E-state index in [0.717, 1.165) is 17.3 Å². The van der Waals surface area contributed by atoms with Crippen molar-refractivity contribution in [2.24, 2.45) is 0 Å². The van der Waals surface area contributed by atoms with Gasteiger partial charge in [-0.05, 0) is 41.8 Å². The number of hydrogen-bond donors (Lipinski definition) is 1. The monoisotopic (exact) mass is 235 g/mol. The van der Waals surface area contributed by atoms with E-state index in [-0.39, 0.29) is 5.75 Å². The average molecular weight is 235 g/mol. The fourth-order valence-electron chi connectivity index (χ4n) is 2.16. The van der Waals surface area contributed by atoms with Crippen molar-refractivity contribution < 1.29 is 5.11 Å². The molecule has 88 valence electrons. The normalized spacial score (nSPS) is 10.7. The van der Waals surface area contributed by atoms with Crippen LogP contribution in [-0.2, 0) is 6.42 Å². The number of benzene rings is 2. The Bertz CT molecular complexity index is 677. The van der Waals surface area contributed by atoms with Crippen LogP contribution in [0.1, 0.15) is 11.1 Å². The molecule has 1 heterocycles. The van der Waals surface area contributed by atoms with Crippen LogP contribution in [0.5, 0.6) is 5.75 Å². The quantitative estimate of drug-likeness (QED) is 0.737. The molecule has 0 saturated carbocycles. The van der Waals surface area contributed by atoms with Crippen LogP contribution in [0, 0.1) is 0 Å². The third-order valence-electron chi connectivity index (χ3n) is 3.05. The van der Waals surface area contributed by atoms with Gasteiger partial charge in [0.05, 0.1) is 5.52 Å². The molecule has 0 aliphatic rings. The number of aromatic hydroxyl groups is 1. The van der Waals surface area contributed by atoms with E-state index in [1.807, 2.05) is 36.5 Å². The second-order valence-electron chi connectivity index (χ2n) is 4.33. The number of pyridine rings is 1. The molecule has 0 spiro atoms. The fourth-order valence-corrected chi connectivity index (χ4v) is 2.16. The maximum Gasteiger partial charge on any atom is 0.116 e. The molecule has 0 radical (unpaired) electrons. The molecule has 1 N–H and O–H groups in total. The van der Waals surface area contributed by atoms with Gasteiger partial charge in [-0.15, -0.1) is 0 Å². The number of phenolic OH excluding ortho intramolecular Hbond substituents is 1. The lowest BCUT2D eigenvalue weighted by Crippen LogP contribution is -1.91. The Labute approximate surface area is 106 Å². The zero-order chi connectivity index (χ0) is 12.4. The topological polar surface area (TPSA) is 33.1 Å². The van der Waals surface area contributed by atoms with E-state index in [2.05, 4.69) is 17.1 Å². The van der Waals surface area contributed by atoms with Crippen LogP contribution in [0.25, 0.3) is 10.9 Å². The molecule has 2 aromatic carbocycles. The predicted octanol–water partition coefficient (Wildman–Crippen LogP) is 3.53. The molecule has 0 amide bonds. The van der Waals surface area contributed by atoms with Crippen molar-refractivity contribution in [3.8, 4) is 5.75 Å². The smallest absolute Gasteiger partial charge is 0.116 e. The average Bonchev–Trinajstić information content (AvgIpc) is 2.41. The van der Waals surface area contributed by atoms with Crippen LogP contribution in [0.3, 0.4) is 0 Å². The molecule has 18 heavy (non-hydrogen) atoms. The minimum Gasteiger partial charge on any atom is -0.508 e. The van der Waals surface area contributed by atoms with Crippen molar-refractivity contribution in [1.29, 1.82) is 0 Å². The second kappa shape index (κ2) is 4.49. The lowest BCUT2D eigenvalue weighted by Gasteiger charge is -2.06. The lowest BCUT2D eigenvalue weighted by atomic mass is 10.0. The Balaban J connectivity index is 2.09. The molecule has 0 unspecified atom stereocenters. The van der Waals surface area contributed by atoms with Crippen LogP contribution in [0.2, 0.25) is 0 Å². The van der Waals surface area contributed by atoms with Gasteiger partial charge >= 0.3 is 0 Å². The highest BCUT2D eigenvalue weighted by atomic mass is 16.3.